The molecule has 0 radical (unpaired) electrons. The third kappa shape index (κ3) is 2.43. The number of imidazole rings is 1. The molecular weight excluding hydrogens is 244 g/mol. The molecule has 0 saturated carbocycles. The van der Waals surface area contributed by atoms with Crippen molar-refractivity contribution in [2.24, 2.45) is 0 Å². The highest BCUT2D eigenvalue weighted by Crippen LogP contribution is 2.27. The van der Waals surface area contributed by atoms with Crippen LogP contribution in [-0.2, 0) is 11.3 Å². The van der Waals surface area contributed by atoms with Crippen LogP contribution in [0.15, 0.2) is 29.4 Å². The topological polar surface area (TPSA) is 34.9 Å². The normalized spacial score (nSPS) is 12.8. The van der Waals surface area contributed by atoms with Crippen LogP contribution in [0.3, 0.4) is 0 Å². The first kappa shape index (κ1) is 13.1. The maximum Gasteiger partial charge on any atom is 0.169 e. The minimum atomic E-state index is -0.0305. The maximum absolute atomic E-state index is 11.7. The number of aromatic nitrogens is 2. The molecule has 0 fully saturated rings. The lowest BCUT2D eigenvalue weighted by molar-refractivity contribution is -0.118. The number of para-hydroxylation sites is 2. The highest BCUT2D eigenvalue weighted by molar-refractivity contribution is 8.00. The average molecular weight is 262 g/mol. The summed E-state index contributed by atoms with van der Waals surface area (Å²) >= 11 is 1.56. The third-order valence-electron chi connectivity index (χ3n) is 3.02. The van der Waals surface area contributed by atoms with E-state index in [9.17, 15) is 4.79 Å². The van der Waals surface area contributed by atoms with Crippen LogP contribution in [0.1, 0.15) is 27.2 Å². The van der Waals surface area contributed by atoms with E-state index < -0.39 is 0 Å². The number of carbonyl (C=O) groups excluding carboxylic acids is 1. The van der Waals surface area contributed by atoms with E-state index in [2.05, 4.69) is 22.5 Å². The van der Waals surface area contributed by atoms with Gasteiger partial charge in [-0.05, 0) is 26.0 Å². The van der Waals surface area contributed by atoms with Gasteiger partial charge in [-0.1, -0.05) is 30.8 Å². The summed E-state index contributed by atoms with van der Waals surface area (Å²) in [5.74, 6) is 0.273. The van der Waals surface area contributed by atoms with Crippen LogP contribution < -0.4 is 0 Å². The second-order valence-electron chi connectivity index (χ2n) is 4.21. The summed E-state index contributed by atoms with van der Waals surface area (Å²) in [4.78, 5) is 16.3. The first-order valence-electron chi connectivity index (χ1n) is 6.32. The highest BCUT2D eigenvalue weighted by Gasteiger charge is 2.17. The van der Waals surface area contributed by atoms with Crippen molar-refractivity contribution >= 4 is 28.6 Å². The number of fused-ring (bicyclic) bond motifs is 1. The number of hydrogen-bond donors (Lipinski definition) is 0. The standard InChI is InChI=1S/C14H18N2OS/c1-4-13(17)10(3)18-14-15-11-8-6-7-9-12(11)16(14)5-2/h6-10H,4-5H2,1-3H3. The van der Waals surface area contributed by atoms with Gasteiger partial charge < -0.3 is 4.57 Å². The number of benzene rings is 1. The molecule has 0 bridgehead atoms. The van der Waals surface area contributed by atoms with Crippen molar-refractivity contribution in [3.63, 3.8) is 0 Å². The van der Waals surface area contributed by atoms with Gasteiger partial charge in [0.1, 0.15) is 5.78 Å². The molecule has 96 valence electrons. The number of nitrogens with zero attached hydrogens (tertiary/aromatic N) is 2. The van der Waals surface area contributed by atoms with E-state index in [4.69, 9.17) is 0 Å². The minimum Gasteiger partial charge on any atom is -0.319 e. The predicted molar refractivity (Wildman–Crippen MR) is 76.0 cm³/mol. The summed E-state index contributed by atoms with van der Waals surface area (Å²) in [6, 6.07) is 8.09. The molecule has 1 atom stereocenters. The molecule has 0 amide bonds. The Morgan fingerprint density at radius 1 is 1.39 bits per heavy atom. The lowest BCUT2D eigenvalue weighted by Gasteiger charge is -2.09. The number of rotatable bonds is 5. The van der Waals surface area contributed by atoms with Crippen molar-refractivity contribution < 1.29 is 4.79 Å². The van der Waals surface area contributed by atoms with Gasteiger partial charge in [-0.25, -0.2) is 4.98 Å². The summed E-state index contributed by atoms with van der Waals surface area (Å²) in [5.41, 5.74) is 2.14. The fraction of sp³-hybridized carbons (Fsp3) is 0.429. The van der Waals surface area contributed by atoms with Crippen LogP contribution in [0.25, 0.3) is 11.0 Å². The molecule has 18 heavy (non-hydrogen) atoms. The Balaban J connectivity index is 2.35. The van der Waals surface area contributed by atoms with Crippen molar-refractivity contribution in [2.45, 2.75) is 44.1 Å². The van der Waals surface area contributed by atoms with E-state index in [0.717, 1.165) is 22.7 Å². The van der Waals surface area contributed by atoms with Crippen molar-refractivity contribution in [3.8, 4) is 0 Å². The second kappa shape index (κ2) is 5.57. The van der Waals surface area contributed by atoms with E-state index in [0.29, 0.717) is 6.42 Å². The smallest absolute Gasteiger partial charge is 0.169 e. The van der Waals surface area contributed by atoms with E-state index in [1.54, 1.807) is 11.8 Å². The summed E-state index contributed by atoms with van der Waals surface area (Å²) in [6.45, 7) is 6.83. The maximum atomic E-state index is 11.7. The van der Waals surface area contributed by atoms with Crippen molar-refractivity contribution in [1.82, 2.24) is 9.55 Å². The third-order valence-corrected chi connectivity index (χ3v) is 4.16. The molecule has 1 heterocycles. The molecule has 0 saturated heterocycles. The van der Waals surface area contributed by atoms with Crippen LogP contribution in [-0.4, -0.2) is 20.6 Å². The van der Waals surface area contributed by atoms with E-state index in [-0.39, 0.29) is 11.0 Å². The first-order valence-corrected chi connectivity index (χ1v) is 7.20. The number of Topliss-reactive ketones (excluding diaryl/α,β-unsaturated/α-hetero) is 1. The molecule has 0 aliphatic rings. The number of aryl methyl sites for hydroxylation is 1. The largest absolute Gasteiger partial charge is 0.319 e. The van der Waals surface area contributed by atoms with Gasteiger partial charge in [0, 0.05) is 13.0 Å². The molecular formula is C14H18N2OS. The number of thioether (sulfide) groups is 1. The van der Waals surface area contributed by atoms with Crippen molar-refractivity contribution in [3.05, 3.63) is 24.3 Å². The fourth-order valence-electron chi connectivity index (χ4n) is 1.96. The molecule has 3 nitrogen and oxygen atoms in total. The van der Waals surface area contributed by atoms with Crippen molar-refractivity contribution in [1.29, 1.82) is 0 Å². The van der Waals surface area contributed by atoms with E-state index in [1.165, 1.54) is 0 Å². The zero-order chi connectivity index (χ0) is 13.1. The Hall–Kier alpha value is -1.29. The minimum absolute atomic E-state index is 0.0305. The van der Waals surface area contributed by atoms with Gasteiger partial charge in [-0.2, -0.15) is 0 Å². The molecule has 2 aromatic rings. The molecule has 0 aliphatic carbocycles. The van der Waals surface area contributed by atoms with Crippen LogP contribution in [0.4, 0.5) is 0 Å². The van der Waals surface area contributed by atoms with Crippen LogP contribution in [0, 0.1) is 0 Å². The Morgan fingerprint density at radius 3 is 2.78 bits per heavy atom. The average Bonchev–Trinajstić information content (AvgIpc) is 2.74. The summed E-state index contributed by atoms with van der Waals surface area (Å²) in [5, 5.41) is 0.908. The zero-order valence-electron chi connectivity index (χ0n) is 11.0. The van der Waals surface area contributed by atoms with E-state index in [1.807, 2.05) is 32.0 Å². The van der Waals surface area contributed by atoms with Gasteiger partial charge in [-0.15, -0.1) is 0 Å². The van der Waals surface area contributed by atoms with Gasteiger partial charge in [0.25, 0.3) is 0 Å². The van der Waals surface area contributed by atoms with Crippen molar-refractivity contribution in [2.75, 3.05) is 0 Å². The Kier molecular flexibility index (Phi) is 4.07. The van der Waals surface area contributed by atoms with Gasteiger partial charge in [-0.3, -0.25) is 4.79 Å². The highest BCUT2D eigenvalue weighted by atomic mass is 32.2. The lowest BCUT2D eigenvalue weighted by Crippen LogP contribution is -2.12. The molecule has 0 aliphatic heterocycles. The van der Waals surface area contributed by atoms with Gasteiger partial charge in [0.15, 0.2) is 5.16 Å². The quantitative estimate of drug-likeness (QED) is 0.773. The van der Waals surface area contributed by atoms with Gasteiger partial charge in [0.2, 0.25) is 0 Å². The molecule has 1 unspecified atom stereocenters. The van der Waals surface area contributed by atoms with Gasteiger partial charge >= 0.3 is 0 Å². The molecule has 0 spiro atoms. The number of carbonyl (C=O) groups is 1. The molecule has 1 aromatic heterocycles. The molecule has 2 rings (SSSR count). The lowest BCUT2D eigenvalue weighted by atomic mass is 10.2. The van der Waals surface area contributed by atoms with Crippen LogP contribution >= 0.6 is 11.8 Å². The Labute approximate surface area is 112 Å². The predicted octanol–water partition coefficient (Wildman–Crippen LogP) is 3.52. The summed E-state index contributed by atoms with van der Waals surface area (Å²) < 4.78 is 2.17. The van der Waals surface area contributed by atoms with Gasteiger partial charge in [0.05, 0.1) is 16.3 Å². The summed E-state index contributed by atoms with van der Waals surface area (Å²) in [7, 11) is 0. The molecule has 0 N–H and O–H groups in total. The first-order chi connectivity index (χ1) is 8.67. The SMILES string of the molecule is CCC(=O)C(C)Sc1nc2ccccc2n1CC. The molecule has 1 aromatic carbocycles. The van der Waals surface area contributed by atoms with Crippen LogP contribution in [0.2, 0.25) is 0 Å². The number of hydrogen-bond acceptors (Lipinski definition) is 3. The number of ketones is 1. The zero-order valence-corrected chi connectivity index (χ0v) is 11.8. The second-order valence-corrected chi connectivity index (χ2v) is 5.52. The Bertz CT molecular complexity index is 562. The van der Waals surface area contributed by atoms with E-state index >= 15 is 0 Å². The monoisotopic (exact) mass is 262 g/mol. The van der Waals surface area contributed by atoms with Crippen LogP contribution in [0.5, 0.6) is 0 Å². The summed E-state index contributed by atoms with van der Waals surface area (Å²) in [6.07, 6.45) is 0.584. The Morgan fingerprint density at radius 2 is 2.11 bits per heavy atom. The fourth-order valence-corrected chi connectivity index (χ4v) is 3.08. The molecule has 4 heteroatoms.